The summed E-state index contributed by atoms with van der Waals surface area (Å²) in [7, 11) is 0. The minimum Gasteiger partial charge on any atom is -0.356 e. The molecule has 0 unspecified atom stereocenters. The van der Waals surface area contributed by atoms with Gasteiger partial charge in [-0.2, -0.15) is 0 Å². The predicted molar refractivity (Wildman–Crippen MR) is 72.9 cm³/mol. The molecule has 0 fully saturated rings. The Bertz CT molecular complexity index is 418. The van der Waals surface area contributed by atoms with Crippen LogP contribution >= 0.6 is 11.6 Å². The SMILES string of the molecule is CCCCNC(=O)CCC(=O)c1cccc(Cl)c1. The second-order valence-electron chi connectivity index (χ2n) is 4.14. The second-order valence-corrected chi connectivity index (χ2v) is 4.57. The molecule has 3 nitrogen and oxygen atoms in total. The summed E-state index contributed by atoms with van der Waals surface area (Å²) in [5, 5.41) is 3.32. The van der Waals surface area contributed by atoms with Crippen molar-refractivity contribution in [2.45, 2.75) is 32.6 Å². The molecule has 1 rings (SSSR count). The van der Waals surface area contributed by atoms with Crippen LogP contribution in [0.4, 0.5) is 0 Å². The number of Topliss-reactive ketones (excluding diaryl/α,β-unsaturated/α-hetero) is 1. The summed E-state index contributed by atoms with van der Waals surface area (Å²) in [4.78, 5) is 23.2. The summed E-state index contributed by atoms with van der Waals surface area (Å²) in [5.74, 6) is -0.123. The molecule has 0 aliphatic carbocycles. The molecule has 18 heavy (non-hydrogen) atoms. The van der Waals surface area contributed by atoms with Gasteiger partial charge in [0.1, 0.15) is 0 Å². The first-order valence-corrected chi connectivity index (χ1v) is 6.56. The normalized spacial score (nSPS) is 10.1. The molecule has 1 N–H and O–H groups in total. The Morgan fingerprint density at radius 3 is 2.72 bits per heavy atom. The van der Waals surface area contributed by atoms with Gasteiger partial charge in [-0.25, -0.2) is 0 Å². The molecular formula is C14H18ClNO2. The maximum absolute atomic E-state index is 11.8. The van der Waals surface area contributed by atoms with Gasteiger partial charge >= 0.3 is 0 Å². The van der Waals surface area contributed by atoms with Crippen molar-refractivity contribution in [1.29, 1.82) is 0 Å². The van der Waals surface area contributed by atoms with E-state index in [2.05, 4.69) is 12.2 Å². The quantitative estimate of drug-likeness (QED) is 0.609. The molecule has 0 aliphatic rings. The van der Waals surface area contributed by atoms with E-state index in [9.17, 15) is 9.59 Å². The highest BCUT2D eigenvalue weighted by Crippen LogP contribution is 2.12. The fourth-order valence-electron chi connectivity index (χ4n) is 1.53. The van der Waals surface area contributed by atoms with Crippen molar-refractivity contribution in [2.75, 3.05) is 6.54 Å². The molecule has 0 aliphatic heterocycles. The van der Waals surface area contributed by atoms with E-state index in [1.54, 1.807) is 24.3 Å². The van der Waals surface area contributed by atoms with Gasteiger partial charge in [0.15, 0.2) is 5.78 Å². The van der Waals surface area contributed by atoms with E-state index < -0.39 is 0 Å². The lowest BCUT2D eigenvalue weighted by Gasteiger charge is -2.04. The Hall–Kier alpha value is -1.35. The van der Waals surface area contributed by atoms with Crippen LogP contribution in [0.15, 0.2) is 24.3 Å². The summed E-state index contributed by atoms with van der Waals surface area (Å²) in [6, 6.07) is 6.79. The van der Waals surface area contributed by atoms with E-state index in [4.69, 9.17) is 11.6 Å². The van der Waals surface area contributed by atoms with E-state index >= 15 is 0 Å². The fraction of sp³-hybridized carbons (Fsp3) is 0.429. The van der Waals surface area contributed by atoms with Crippen molar-refractivity contribution in [3.63, 3.8) is 0 Å². The smallest absolute Gasteiger partial charge is 0.220 e. The largest absolute Gasteiger partial charge is 0.356 e. The number of benzene rings is 1. The number of unbranched alkanes of at least 4 members (excludes halogenated alkanes) is 1. The zero-order valence-corrected chi connectivity index (χ0v) is 11.3. The zero-order chi connectivity index (χ0) is 13.4. The van der Waals surface area contributed by atoms with Crippen molar-refractivity contribution in [2.24, 2.45) is 0 Å². The van der Waals surface area contributed by atoms with Crippen LogP contribution in [0.25, 0.3) is 0 Å². The average Bonchev–Trinajstić information content (AvgIpc) is 2.36. The van der Waals surface area contributed by atoms with Crippen LogP contribution in [0.2, 0.25) is 5.02 Å². The fourth-order valence-corrected chi connectivity index (χ4v) is 1.72. The first kappa shape index (κ1) is 14.7. The lowest BCUT2D eigenvalue weighted by molar-refractivity contribution is -0.121. The number of hydrogen-bond acceptors (Lipinski definition) is 2. The zero-order valence-electron chi connectivity index (χ0n) is 10.5. The molecular weight excluding hydrogens is 250 g/mol. The van der Waals surface area contributed by atoms with Gasteiger partial charge < -0.3 is 5.32 Å². The predicted octanol–water partition coefficient (Wildman–Crippen LogP) is 3.22. The van der Waals surface area contributed by atoms with E-state index in [1.165, 1.54) is 0 Å². The lowest BCUT2D eigenvalue weighted by Crippen LogP contribution is -2.24. The van der Waals surface area contributed by atoms with Gasteiger partial charge in [0.2, 0.25) is 5.91 Å². The highest BCUT2D eigenvalue weighted by molar-refractivity contribution is 6.31. The minimum absolute atomic E-state index is 0.0526. The Morgan fingerprint density at radius 2 is 2.06 bits per heavy atom. The molecule has 1 aromatic rings. The third-order valence-corrected chi connectivity index (χ3v) is 2.81. The van der Waals surface area contributed by atoms with Crippen molar-refractivity contribution < 1.29 is 9.59 Å². The number of carbonyl (C=O) groups excluding carboxylic acids is 2. The first-order chi connectivity index (χ1) is 8.63. The average molecular weight is 268 g/mol. The summed E-state index contributed by atoms with van der Waals surface area (Å²) in [5.41, 5.74) is 0.559. The molecule has 0 heterocycles. The van der Waals surface area contributed by atoms with Crippen LogP contribution in [-0.4, -0.2) is 18.2 Å². The molecule has 0 radical (unpaired) electrons. The number of ketones is 1. The Kier molecular flexibility index (Phi) is 6.44. The van der Waals surface area contributed by atoms with Gasteiger partial charge in [-0.15, -0.1) is 0 Å². The van der Waals surface area contributed by atoms with Gasteiger partial charge in [0.05, 0.1) is 0 Å². The number of carbonyl (C=O) groups is 2. The van der Waals surface area contributed by atoms with Gasteiger partial charge in [-0.3, -0.25) is 9.59 Å². The maximum atomic E-state index is 11.8. The van der Waals surface area contributed by atoms with Crippen molar-refractivity contribution in [1.82, 2.24) is 5.32 Å². The summed E-state index contributed by atoms with van der Waals surface area (Å²) < 4.78 is 0. The van der Waals surface area contributed by atoms with Crippen molar-refractivity contribution in [3.8, 4) is 0 Å². The van der Waals surface area contributed by atoms with Gasteiger partial charge in [0.25, 0.3) is 0 Å². The van der Waals surface area contributed by atoms with Crippen LogP contribution in [0.3, 0.4) is 0 Å². The van der Waals surface area contributed by atoms with Gasteiger partial charge in [-0.1, -0.05) is 37.1 Å². The van der Waals surface area contributed by atoms with Crippen LogP contribution in [0.5, 0.6) is 0 Å². The third-order valence-electron chi connectivity index (χ3n) is 2.58. The van der Waals surface area contributed by atoms with Crippen molar-refractivity contribution in [3.05, 3.63) is 34.9 Å². The number of nitrogens with one attached hydrogen (secondary N) is 1. The third kappa shape index (κ3) is 5.32. The molecule has 0 saturated carbocycles. The summed E-state index contributed by atoms with van der Waals surface area (Å²) in [6.45, 7) is 2.75. The molecule has 98 valence electrons. The number of amides is 1. The second kappa shape index (κ2) is 7.88. The van der Waals surface area contributed by atoms with Crippen LogP contribution in [0, 0.1) is 0 Å². The van der Waals surface area contributed by atoms with Crippen LogP contribution < -0.4 is 5.32 Å². The molecule has 1 aromatic carbocycles. The molecule has 0 spiro atoms. The highest BCUT2D eigenvalue weighted by atomic mass is 35.5. The molecule has 0 atom stereocenters. The van der Waals surface area contributed by atoms with E-state index in [1.807, 2.05) is 0 Å². The highest BCUT2D eigenvalue weighted by Gasteiger charge is 2.09. The van der Waals surface area contributed by atoms with Crippen LogP contribution in [-0.2, 0) is 4.79 Å². The molecule has 0 aromatic heterocycles. The number of hydrogen-bond donors (Lipinski definition) is 1. The monoisotopic (exact) mass is 267 g/mol. The maximum Gasteiger partial charge on any atom is 0.220 e. The molecule has 4 heteroatoms. The van der Waals surface area contributed by atoms with E-state index in [0.29, 0.717) is 17.1 Å². The Balaban J connectivity index is 2.35. The summed E-state index contributed by atoms with van der Waals surface area (Å²) >= 11 is 5.80. The summed E-state index contributed by atoms with van der Waals surface area (Å²) in [6.07, 6.45) is 2.46. The number of rotatable bonds is 7. The van der Waals surface area contributed by atoms with Crippen molar-refractivity contribution >= 4 is 23.3 Å². The van der Waals surface area contributed by atoms with Crippen LogP contribution in [0.1, 0.15) is 43.0 Å². The van der Waals surface area contributed by atoms with E-state index in [0.717, 1.165) is 12.8 Å². The Morgan fingerprint density at radius 1 is 1.28 bits per heavy atom. The number of halogens is 1. The standard InChI is InChI=1S/C14H18ClNO2/c1-2-3-9-16-14(18)8-7-13(17)11-5-4-6-12(15)10-11/h4-6,10H,2-3,7-9H2,1H3,(H,16,18). The van der Waals surface area contributed by atoms with E-state index in [-0.39, 0.29) is 24.5 Å². The van der Waals surface area contributed by atoms with Gasteiger partial charge in [-0.05, 0) is 18.6 Å². The molecule has 0 saturated heterocycles. The first-order valence-electron chi connectivity index (χ1n) is 6.19. The van der Waals surface area contributed by atoms with Gasteiger partial charge in [0, 0.05) is 30.0 Å². The molecule has 1 amide bonds. The molecule has 0 bridgehead atoms. The lowest BCUT2D eigenvalue weighted by atomic mass is 10.1. The Labute approximate surface area is 113 Å². The minimum atomic E-state index is -0.0705. The topological polar surface area (TPSA) is 46.2 Å².